The molecule has 2 rings (SSSR count). The van der Waals surface area contributed by atoms with Gasteiger partial charge in [0.15, 0.2) is 9.84 Å². The molecule has 24 heavy (non-hydrogen) atoms. The number of carbonyl (C=O) groups is 1. The van der Waals surface area contributed by atoms with Gasteiger partial charge in [-0.15, -0.1) is 0 Å². The SMILES string of the molecule is CCS(=O)(=O)c1ccc(NC(=O)C2CCCN(S(C)(=O)=O)C2)cc1. The minimum Gasteiger partial charge on any atom is -0.326 e. The molecule has 7 nitrogen and oxygen atoms in total. The maximum absolute atomic E-state index is 12.3. The van der Waals surface area contributed by atoms with Crippen LogP contribution in [0.5, 0.6) is 0 Å². The average Bonchev–Trinajstić information content (AvgIpc) is 2.54. The number of anilines is 1. The molecule has 9 heteroatoms. The Balaban J connectivity index is 2.04. The molecule has 1 aromatic rings. The lowest BCUT2D eigenvalue weighted by Crippen LogP contribution is -2.43. The van der Waals surface area contributed by atoms with Gasteiger partial charge in [0, 0.05) is 18.8 Å². The molecule has 1 aromatic carbocycles. The molecule has 1 saturated heterocycles. The highest BCUT2D eigenvalue weighted by Gasteiger charge is 2.30. The Hall–Kier alpha value is -1.45. The average molecular weight is 374 g/mol. The molecular weight excluding hydrogens is 352 g/mol. The molecule has 1 fully saturated rings. The fourth-order valence-electron chi connectivity index (χ4n) is 2.61. The zero-order chi connectivity index (χ0) is 18.0. The predicted molar refractivity (Wildman–Crippen MR) is 91.9 cm³/mol. The van der Waals surface area contributed by atoms with Crippen molar-refractivity contribution in [1.29, 1.82) is 0 Å². The van der Waals surface area contributed by atoms with Gasteiger partial charge in [0.25, 0.3) is 0 Å². The Kier molecular flexibility index (Phi) is 5.67. The van der Waals surface area contributed by atoms with Crippen LogP contribution >= 0.6 is 0 Å². The summed E-state index contributed by atoms with van der Waals surface area (Å²) < 4.78 is 48.1. The highest BCUT2D eigenvalue weighted by molar-refractivity contribution is 7.91. The van der Waals surface area contributed by atoms with E-state index in [1.54, 1.807) is 6.92 Å². The first-order valence-electron chi connectivity index (χ1n) is 7.72. The molecule has 0 aliphatic carbocycles. The summed E-state index contributed by atoms with van der Waals surface area (Å²) >= 11 is 0. The number of piperidine rings is 1. The summed E-state index contributed by atoms with van der Waals surface area (Å²) in [6.45, 7) is 2.18. The van der Waals surface area contributed by atoms with Gasteiger partial charge in [-0.3, -0.25) is 4.79 Å². The van der Waals surface area contributed by atoms with E-state index in [9.17, 15) is 21.6 Å². The largest absolute Gasteiger partial charge is 0.326 e. The Morgan fingerprint density at radius 2 is 1.83 bits per heavy atom. The third-order valence-corrected chi connectivity index (χ3v) is 7.11. The summed E-state index contributed by atoms with van der Waals surface area (Å²) in [5.41, 5.74) is 0.492. The standard InChI is InChI=1S/C15H22N2O5S2/c1-3-24(21,22)14-8-6-13(7-9-14)16-15(18)12-5-4-10-17(11-12)23(2,19)20/h6-9,12H,3-5,10-11H2,1-2H3,(H,16,18). The molecule has 1 aliphatic rings. The fourth-order valence-corrected chi connectivity index (χ4v) is 4.41. The maximum atomic E-state index is 12.3. The molecule has 0 bridgehead atoms. The van der Waals surface area contributed by atoms with Crippen molar-refractivity contribution in [1.82, 2.24) is 4.31 Å². The normalized spacial score (nSPS) is 19.8. The molecule has 134 valence electrons. The fraction of sp³-hybridized carbons (Fsp3) is 0.533. The number of hydrogen-bond acceptors (Lipinski definition) is 5. The van der Waals surface area contributed by atoms with E-state index < -0.39 is 25.8 Å². The van der Waals surface area contributed by atoms with Gasteiger partial charge in [0.2, 0.25) is 15.9 Å². The molecule has 1 aliphatic heterocycles. The van der Waals surface area contributed by atoms with E-state index in [0.29, 0.717) is 25.1 Å². The molecule has 0 spiro atoms. The van der Waals surface area contributed by atoms with Crippen LogP contribution in [-0.2, 0) is 24.7 Å². The molecule has 0 aromatic heterocycles. The molecular formula is C15H22N2O5S2. The van der Waals surface area contributed by atoms with E-state index in [2.05, 4.69) is 5.32 Å². The van der Waals surface area contributed by atoms with Crippen LogP contribution in [0, 0.1) is 5.92 Å². The van der Waals surface area contributed by atoms with Crippen LogP contribution < -0.4 is 5.32 Å². The second-order valence-electron chi connectivity index (χ2n) is 5.88. The molecule has 0 saturated carbocycles. The van der Waals surface area contributed by atoms with Crippen molar-refractivity contribution < 1.29 is 21.6 Å². The lowest BCUT2D eigenvalue weighted by atomic mass is 9.99. The monoisotopic (exact) mass is 374 g/mol. The Labute approximate surface area is 143 Å². The topological polar surface area (TPSA) is 101 Å². The predicted octanol–water partition coefficient (Wildman–Crippen LogP) is 1.09. The third kappa shape index (κ3) is 4.55. The number of nitrogens with one attached hydrogen (secondary N) is 1. The Morgan fingerprint density at radius 1 is 1.21 bits per heavy atom. The summed E-state index contributed by atoms with van der Waals surface area (Å²) in [5.74, 6) is -0.649. The van der Waals surface area contributed by atoms with Gasteiger partial charge in [0.05, 0.1) is 22.8 Å². The van der Waals surface area contributed by atoms with Crippen LogP contribution in [0.25, 0.3) is 0 Å². The van der Waals surface area contributed by atoms with E-state index in [1.165, 1.54) is 28.6 Å². The molecule has 0 radical (unpaired) electrons. The van der Waals surface area contributed by atoms with Gasteiger partial charge in [-0.05, 0) is 37.1 Å². The first kappa shape index (κ1) is 18.9. The highest BCUT2D eigenvalue weighted by atomic mass is 32.2. The van der Waals surface area contributed by atoms with Crippen molar-refractivity contribution in [3.63, 3.8) is 0 Å². The van der Waals surface area contributed by atoms with Gasteiger partial charge < -0.3 is 5.32 Å². The number of carbonyl (C=O) groups excluding carboxylic acids is 1. The van der Waals surface area contributed by atoms with Crippen LogP contribution in [-0.4, -0.2) is 52.1 Å². The lowest BCUT2D eigenvalue weighted by molar-refractivity contribution is -0.120. The number of rotatable bonds is 5. The number of benzene rings is 1. The van der Waals surface area contributed by atoms with E-state index in [4.69, 9.17) is 0 Å². The summed E-state index contributed by atoms with van der Waals surface area (Å²) in [7, 11) is -6.58. The molecule has 1 N–H and O–H groups in total. The van der Waals surface area contributed by atoms with E-state index in [0.717, 1.165) is 6.26 Å². The van der Waals surface area contributed by atoms with Gasteiger partial charge in [-0.2, -0.15) is 0 Å². The summed E-state index contributed by atoms with van der Waals surface area (Å²) in [6, 6.07) is 5.99. The summed E-state index contributed by atoms with van der Waals surface area (Å²) in [5, 5.41) is 2.73. The van der Waals surface area contributed by atoms with E-state index >= 15 is 0 Å². The number of sulfone groups is 1. The second kappa shape index (κ2) is 7.20. The van der Waals surface area contributed by atoms with Crippen LogP contribution in [0.2, 0.25) is 0 Å². The Morgan fingerprint density at radius 3 is 2.38 bits per heavy atom. The summed E-state index contributed by atoms with van der Waals surface area (Å²) in [6.07, 6.45) is 2.40. The van der Waals surface area contributed by atoms with Crippen molar-refractivity contribution in [2.24, 2.45) is 5.92 Å². The molecule has 1 unspecified atom stereocenters. The number of sulfonamides is 1. The van der Waals surface area contributed by atoms with Crippen LogP contribution in [0.3, 0.4) is 0 Å². The van der Waals surface area contributed by atoms with Crippen molar-refractivity contribution in [2.45, 2.75) is 24.7 Å². The van der Waals surface area contributed by atoms with Crippen LogP contribution in [0.1, 0.15) is 19.8 Å². The zero-order valence-corrected chi connectivity index (χ0v) is 15.4. The van der Waals surface area contributed by atoms with Crippen molar-refractivity contribution >= 4 is 31.5 Å². The molecule has 1 atom stereocenters. The van der Waals surface area contributed by atoms with Crippen LogP contribution in [0.15, 0.2) is 29.2 Å². The molecule has 1 heterocycles. The smallest absolute Gasteiger partial charge is 0.228 e. The summed E-state index contributed by atoms with van der Waals surface area (Å²) in [4.78, 5) is 12.5. The van der Waals surface area contributed by atoms with Crippen molar-refractivity contribution in [3.8, 4) is 0 Å². The third-order valence-electron chi connectivity index (χ3n) is 4.08. The van der Waals surface area contributed by atoms with Crippen LogP contribution in [0.4, 0.5) is 5.69 Å². The lowest BCUT2D eigenvalue weighted by Gasteiger charge is -2.30. The zero-order valence-electron chi connectivity index (χ0n) is 13.7. The quantitative estimate of drug-likeness (QED) is 0.831. The van der Waals surface area contributed by atoms with Gasteiger partial charge in [0.1, 0.15) is 0 Å². The minimum absolute atomic E-state index is 0.0160. The first-order chi connectivity index (χ1) is 11.1. The first-order valence-corrected chi connectivity index (χ1v) is 11.2. The van der Waals surface area contributed by atoms with E-state index in [-0.39, 0.29) is 23.1 Å². The second-order valence-corrected chi connectivity index (χ2v) is 10.1. The Bertz CT molecular complexity index is 801. The molecule has 1 amide bonds. The van der Waals surface area contributed by atoms with Crippen molar-refractivity contribution in [2.75, 3.05) is 30.4 Å². The highest BCUT2D eigenvalue weighted by Crippen LogP contribution is 2.21. The van der Waals surface area contributed by atoms with Gasteiger partial charge in [-0.1, -0.05) is 6.92 Å². The van der Waals surface area contributed by atoms with Crippen molar-refractivity contribution in [3.05, 3.63) is 24.3 Å². The van der Waals surface area contributed by atoms with E-state index in [1.807, 2.05) is 0 Å². The van der Waals surface area contributed by atoms with Gasteiger partial charge >= 0.3 is 0 Å². The number of amides is 1. The maximum Gasteiger partial charge on any atom is 0.228 e. The number of nitrogens with zero attached hydrogens (tertiary/aromatic N) is 1. The number of hydrogen-bond donors (Lipinski definition) is 1. The minimum atomic E-state index is -3.30. The van der Waals surface area contributed by atoms with Gasteiger partial charge in [-0.25, -0.2) is 21.1 Å².